The van der Waals surface area contributed by atoms with Crippen molar-refractivity contribution < 1.29 is 4.74 Å². The predicted octanol–water partition coefficient (Wildman–Crippen LogP) is 4.88. The number of ether oxygens (including phenoxy) is 1. The fourth-order valence-electron chi connectivity index (χ4n) is 3.45. The van der Waals surface area contributed by atoms with Crippen LogP contribution in [0, 0.1) is 6.92 Å². The molecule has 1 aromatic heterocycles. The van der Waals surface area contributed by atoms with Gasteiger partial charge >= 0.3 is 11.4 Å². The second-order valence-corrected chi connectivity index (χ2v) is 8.10. The Morgan fingerprint density at radius 2 is 1.61 bits per heavy atom. The molecule has 0 fully saturated rings. The first-order valence-electron chi connectivity index (χ1n) is 10.8. The van der Waals surface area contributed by atoms with E-state index in [4.69, 9.17) is 4.74 Å². The molecule has 0 aliphatic heterocycles. The third-order valence-electron chi connectivity index (χ3n) is 5.15. The molecule has 168 valence electrons. The highest BCUT2D eigenvalue weighted by Crippen LogP contribution is 2.25. The first-order chi connectivity index (χ1) is 15.9. The molecule has 0 unspecified atom stereocenters. The Labute approximate surface area is 191 Å². The molecule has 0 saturated carbocycles. The molecule has 1 heterocycles. The number of nitrogens with one attached hydrogen (secondary N) is 1. The number of aryl methyl sites for hydroxylation is 1. The molecule has 3 aromatic carbocycles. The molecule has 0 saturated heterocycles. The van der Waals surface area contributed by atoms with E-state index in [1.54, 1.807) is 19.9 Å². The number of nitrogens with zero attached hydrogens (tertiary/aromatic N) is 3. The maximum absolute atomic E-state index is 13.2. The molecule has 7 heteroatoms. The molecule has 0 aliphatic carbocycles. The smallest absolute Gasteiger partial charge is 0.355 e. The summed E-state index contributed by atoms with van der Waals surface area (Å²) in [7, 11) is 0. The van der Waals surface area contributed by atoms with E-state index in [2.05, 4.69) is 10.3 Å². The summed E-state index contributed by atoms with van der Waals surface area (Å²) in [4.78, 5) is 30.1. The van der Waals surface area contributed by atoms with E-state index >= 15 is 0 Å². The number of aromatic nitrogens is 3. The van der Waals surface area contributed by atoms with Gasteiger partial charge < -0.3 is 10.1 Å². The summed E-state index contributed by atoms with van der Waals surface area (Å²) in [5.74, 6) is 1.51. The molecule has 7 nitrogen and oxygen atoms in total. The van der Waals surface area contributed by atoms with Gasteiger partial charge in [-0.1, -0.05) is 54.1 Å². The van der Waals surface area contributed by atoms with Crippen LogP contribution in [0.25, 0.3) is 0 Å². The van der Waals surface area contributed by atoms with Gasteiger partial charge in [0.2, 0.25) is 5.95 Å². The van der Waals surface area contributed by atoms with Crippen molar-refractivity contribution in [2.24, 2.45) is 0 Å². The minimum atomic E-state index is -0.589. The zero-order valence-electron chi connectivity index (χ0n) is 18.9. The van der Waals surface area contributed by atoms with E-state index in [1.165, 1.54) is 4.57 Å². The van der Waals surface area contributed by atoms with Gasteiger partial charge in [-0.25, -0.2) is 14.2 Å². The maximum Gasteiger partial charge on any atom is 0.355 e. The van der Waals surface area contributed by atoms with Crippen molar-refractivity contribution in [2.75, 3.05) is 5.32 Å². The zero-order valence-corrected chi connectivity index (χ0v) is 18.9. The lowest BCUT2D eigenvalue weighted by atomic mass is 10.1. The normalized spacial score (nSPS) is 10.9. The lowest BCUT2D eigenvalue weighted by Crippen LogP contribution is -2.43. The van der Waals surface area contributed by atoms with Gasteiger partial charge in [0.05, 0.1) is 6.54 Å². The molecular weight excluding hydrogens is 416 g/mol. The van der Waals surface area contributed by atoms with E-state index < -0.39 is 11.4 Å². The van der Waals surface area contributed by atoms with Crippen LogP contribution >= 0.6 is 0 Å². The monoisotopic (exact) mass is 442 g/mol. The van der Waals surface area contributed by atoms with Crippen molar-refractivity contribution >= 4 is 11.6 Å². The average Bonchev–Trinajstić information content (AvgIpc) is 2.78. The van der Waals surface area contributed by atoms with Crippen molar-refractivity contribution in [1.82, 2.24) is 14.1 Å². The van der Waals surface area contributed by atoms with E-state index in [1.807, 2.05) is 79.7 Å². The zero-order chi connectivity index (χ0) is 23.4. The molecule has 0 amide bonds. The van der Waals surface area contributed by atoms with Gasteiger partial charge in [-0.15, -0.1) is 0 Å². The summed E-state index contributed by atoms with van der Waals surface area (Å²) in [5, 5.41) is 3.14. The molecular formula is C26H26N4O3. The van der Waals surface area contributed by atoms with Crippen molar-refractivity contribution in [2.45, 2.75) is 33.4 Å². The van der Waals surface area contributed by atoms with Crippen molar-refractivity contribution in [3.63, 3.8) is 0 Å². The number of hydrogen-bond acceptors (Lipinski definition) is 5. The molecule has 0 radical (unpaired) electrons. The third-order valence-corrected chi connectivity index (χ3v) is 5.15. The highest BCUT2D eigenvalue weighted by molar-refractivity contribution is 5.56. The van der Waals surface area contributed by atoms with Crippen LogP contribution in [0.2, 0.25) is 0 Å². The fourth-order valence-corrected chi connectivity index (χ4v) is 3.45. The number of hydrogen-bond donors (Lipinski definition) is 1. The van der Waals surface area contributed by atoms with Crippen LogP contribution in [-0.2, 0) is 6.54 Å². The van der Waals surface area contributed by atoms with Crippen LogP contribution in [-0.4, -0.2) is 14.1 Å². The Balaban J connectivity index is 1.71. The lowest BCUT2D eigenvalue weighted by molar-refractivity contribution is 0.483. The molecule has 4 aromatic rings. The standard InChI is InChI=1S/C26H26N4O3/c1-18(2)30-25(31)28-24(29(26(30)32)17-20-14-12-19(3)13-15-20)27-21-8-7-11-23(16-21)33-22-9-5-4-6-10-22/h4-16,18H,17H2,1-3H3,(H,27,28,31). The molecule has 1 N–H and O–H groups in total. The van der Waals surface area contributed by atoms with E-state index in [0.717, 1.165) is 15.7 Å². The second kappa shape index (κ2) is 9.56. The summed E-state index contributed by atoms with van der Waals surface area (Å²) in [6.45, 7) is 5.87. The largest absolute Gasteiger partial charge is 0.457 e. The number of anilines is 2. The van der Waals surface area contributed by atoms with E-state index in [-0.39, 0.29) is 18.5 Å². The van der Waals surface area contributed by atoms with Crippen LogP contribution in [0.1, 0.15) is 31.0 Å². The quantitative estimate of drug-likeness (QED) is 0.441. The summed E-state index contributed by atoms with van der Waals surface area (Å²) in [6.07, 6.45) is 0. The topological polar surface area (TPSA) is 78.2 Å². The highest BCUT2D eigenvalue weighted by atomic mass is 16.5. The van der Waals surface area contributed by atoms with E-state index in [9.17, 15) is 9.59 Å². The first-order valence-corrected chi connectivity index (χ1v) is 10.8. The Morgan fingerprint density at radius 1 is 0.909 bits per heavy atom. The number of para-hydroxylation sites is 1. The Morgan fingerprint density at radius 3 is 2.30 bits per heavy atom. The van der Waals surface area contributed by atoms with Crippen LogP contribution in [0.15, 0.2) is 88.5 Å². The van der Waals surface area contributed by atoms with Gasteiger partial charge in [0.15, 0.2) is 0 Å². The summed E-state index contributed by atoms with van der Waals surface area (Å²) < 4.78 is 8.54. The van der Waals surface area contributed by atoms with Crippen molar-refractivity contribution in [3.05, 3.63) is 111 Å². The van der Waals surface area contributed by atoms with Crippen LogP contribution < -0.4 is 21.4 Å². The van der Waals surface area contributed by atoms with Crippen LogP contribution in [0.3, 0.4) is 0 Å². The second-order valence-electron chi connectivity index (χ2n) is 8.10. The van der Waals surface area contributed by atoms with Crippen molar-refractivity contribution in [3.8, 4) is 11.5 Å². The van der Waals surface area contributed by atoms with Gasteiger partial charge in [-0.05, 0) is 50.6 Å². The molecule has 0 bridgehead atoms. The molecule has 0 atom stereocenters. The van der Waals surface area contributed by atoms with Gasteiger partial charge in [-0.2, -0.15) is 4.98 Å². The third kappa shape index (κ3) is 5.20. The Hall–Kier alpha value is -4.13. The maximum atomic E-state index is 13.2. The number of benzene rings is 3. The van der Waals surface area contributed by atoms with Gasteiger partial charge in [-0.3, -0.25) is 4.57 Å². The summed E-state index contributed by atoms with van der Waals surface area (Å²) in [5.41, 5.74) is 1.71. The molecule has 0 aliphatic rings. The highest BCUT2D eigenvalue weighted by Gasteiger charge is 2.16. The van der Waals surface area contributed by atoms with Gasteiger partial charge in [0.1, 0.15) is 11.5 Å². The number of rotatable bonds is 7. The predicted molar refractivity (Wildman–Crippen MR) is 130 cm³/mol. The van der Waals surface area contributed by atoms with Gasteiger partial charge in [0.25, 0.3) is 0 Å². The molecule has 33 heavy (non-hydrogen) atoms. The molecule has 0 spiro atoms. The Kier molecular flexibility index (Phi) is 6.40. The first kappa shape index (κ1) is 22.1. The van der Waals surface area contributed by atoms with Gasteiger partial charge in [0, 0.05) is 17.8 Å². The van der Waals surface area contributed by atoms with Crippen LogP contribution in [0.5, 0.6) is 11.5 Å². The lowest BCUT2D eigenvalue weighted by Gasteiger charge is -2.17. The average molecular weight is 443 g/mol. The summed E-state index contributed by atoms with van der Waals surface area (Å²) in [6, 6.07) is 24.3. The fraction of sp³-hybridized carbons (Fsp3) is 0.192. The Bertz CT molecular complexity index is 1360. The summed E-state index contributed by atoms with van der Waals surface area (Å²) >= 11 is 0. The van der Waals surface area contributed by atoms with Crippen LogP contribution in [0.4, 0.5) is 11.6 Å². The van der Waals surface area contributed by atoms with Crippen molar-refractivity contribution in [1.29, 1.82) is 0 Å². The molecule has 4 rings (SSSR count). The minimum Gasteiger partial charge on any atom is -0.457 e. The minimum absolute atomic E-state index is 0.180. The SMILES string of the molecule is Cc1ccc(Cn2c(Nc3cccc(Oc4ccccc4)c3)nc(=O)n(C(C)C)c2=O)cc1. The van der Waals surface area contributed by atoms with E-state index in [0.29, 0.717) is 17.2 Å².